The van der Waals surface area contributed by atoms with E-state index < -0.39 is 15.1 Å². The van der Waals surface area contributed by atoms with Crippen LogP contribution >= 0.6 is 23.2 Å². The Hall–Kier alpha value is -0.780. The molecule has 0 saturated carbocycles. The molecule has 0 spiro atoms. The highest BCUT2D eigenvalue weighted by atomic mass is 35.5. The minimum atomic E-state index is -3.36. The minimum Gasteiger partial charge on any atom is -0.386 e. The number of nitrogens with zero attached hydrogens (tertiary/aromatic N) is 1. The van der Waals surface area contributed by atoms with E-state index in [0.29, 0.717) is 10.7 Å². The minimum absolute atomic E-state index is 0.0531. The molecule has 7 heteroatoms. The van der Waals surface area contributed by atoms with Crippen LogP contribution in [0.25, 0.3) is 0 Å². The topological polar surface area (TPSA) is 72.5 Å². The summed E-state index contributed by atoms with van der Waals surface area (Å²) in [7, 11) is -3.36. The summed E-state index contributed by atoms with van der Waals surface area (Å²) in [6.07, 6.45) is 0. The average Bonchev–Trinajstić information content (AvgIpc) is 2.31. The molecular formula is C11H14Cl2N2O2S. The van der Waals surface area contributed by atoms with E-state index in [1.54, 1.807) is 13.8 Å². The van der Waals surface area contributed by atoms with Crippen LogP contribution in [0.4, 0.5) is 5.69 Å². The Bertz CT molecular complexity index is 568. The van der Waals surface area contributed by atoms with Gasteiger partial charge in [0.05, 0.1) is 26.7 Å². The standard InChI is InChI=1S/C11H14Cl2N2O2S/c1-7(2)18(16,17)8-3-4-9(13)10(5-8)15-11(14)6-12/h3-5,7H,6H2,1-2H3,(H2,14,15). The van der Waals surface area contributed by atoms with Gasteiger partial charge in [-0.05, 0) is 32.0 Å². The maximum atomic E-state index is 12.0. The molecule has 0 atom stereocenters. The van der Waals surface area contributed by atoms with Crippen molar-refractivity contribution in [3.63, 3.8) is 0 Å². The smallest absolute Gasteiger partial charge is 0.180 e. The number of hydrogen-bond donors (Lipinski definition) is 1. The SMILES string of the molecule is CC(C)S(=O)(=O)c1ccc(Cl)c(N=C(N)CCl)c1. The van der Waals surface area contributed by atoms with E-state index in [-0.39, 0.29) is 16.6 Å². The first-order valence-corrected chi connectivity index (χ1v) is 7.67. The third kappa shape index (κ3) is 3.37. The molecule has 0 aliphatic heterocycles. The lowest BCUT2D eigenvalue weighted by Gasteiger charge is -2.09. The highest BCUT2D eigenvalue weighted by Crippen LogP contribution is 2.29. The number of alkyl halides is 1. The summed E-state index contributed by atoms with van der Waals surface area (Å²) in [5, 5.41) is -0.188. The Morgan fingerprint density at radius 3 is 2.56 bits per heavy atom. The molecule has 0 aliphatic rings. The number of halogens is 2. The molecule has 0 aromatic heterocycles. The zero-order valence-corrected chi connectivity index (χ0v) is 12.4. The third-order valence-corrected chi connectivity index (χ3v) is 5.01. The monoisotopic (exact) mass is 308 g/mol. The molecular weight excluding hydrogens is 295 g/mol. The van der Waals surface area contributed by atoms with Gasteiger partial charge in [0.1, 0.15) is 5.84 Å². The van der Waals surface area contributed by atoms with E-state index in [4.69, 9.17) is 28.9 Å². The fourth-order valence-corrected chi connectivity index (χ4v) is 2.51. The van der Waals surface area contributed by atoms with Crippen molar-refractivity contribution in [3.05, 3.63) is 23.2 Å². The highest BCUT2D eigenvalue weighted by Gasteiger charge is 2.20. The van der Waals surface area contributed by atoms with Crippen LogP contribution in [-0.2, 0) is 9.84 Å². The number of rotatable bonds is 4. The summed E-state index contributed by atoms with van der Waals surface area (Å²) in [6.45, 7) is 3.22. The number of nitrogens with two attached hydrogens (primary N) is 1. The van der Waals surface area contributed by atoms with Crippen molar-refractivity contribution in [1.29, 1.82) is 0 Å². The predicted octanol–water partition coefficient (Wildman–Crippen LogP) is 2.75. The molecule has 0 heterocycles. The van der Waals surface area contributed by atoms with Gasteiger partial charge < -0.3 is 5.73 Å². The van der Waals surface area contributed by atoms with E-state index in [0.717, 1.165) is 0 Å². The van der Waals surface area contributed by atoms with Crippen molar-refractivity contribution in [3.8, 4) is 0 Å². The zero-order chi connectivity index (χ0) is 13.9. The summed E-state index contributed by atoms with van der Waals surface area (Å²) < 4.78 is 24.0. The predicted molar refractivity (Wildman–Crippen MR) is 75.8 cm³/mol. The van der Waals surface area contributed by atoms with E-state index in [2.05, 4.69) is 4.99 Å². The Kier molecular flexibility index (Phi) is 5.01. The van der Waals surface area contributed by atoms with Gasteiger partial charge in [0.15, 0.2) is 9.84 Å². The van der Waals surface area contributed by atoms with Crippen LogP contribution in [0, 0.1) is 0 Å². The van der Waals surface area contributed by atoms with Gasteiger partial charge in [0.2, 0.25) is 0 Å². The Balaban J connectivity index is 3.34. The number of amidine groups is 1. The number of hydrogen-bond acceptors (Lipinski definition) is 3. The maximum Gasteiger partial charge on any atom is 0.180 e. The molecule has 1 aromatic rings. The van der Waals surface area contributed by atoms with Crippen LogP contribution in [-0.4, -0.2) is 25.4 Å². The average molecular weight is 309 g/mol. The molecule has 18 heavy (non-hydrogen) atoms. The first-order chi connectivity index (χ1) is 8.28. The fraction of sp³-hybridized carbons (Fsp3) is 0.364. The largest absolute Gasteiger partial charge is 0.386 e. The summed E-state index contributed by atoms with van der Waals surface area (Å²) in [6, 6.07) is 4.34. The van der Waals surface area contributed by atoms with Crippen LogP contribution in [0.2, 0.25) is 5.02 Å². The first-order valence-electron chi connectivity index (χ1n) is 5.21. The van der Waals surface area contributed by atoms with E-state index in [9.17, 15) is 8.42 Å². The second-order valence-corrected chi connectivity index (χ2v) is 7.12. The summed E-state index contributed by atoms with van der Waals surface area (Å²) in [4.78, 5) is 4.15. The van der Waals surface area contributed by atoms with Gasteiger partial charge in [-0.3, -0.25) is 0 Å². The molecule has 2 N–H and O–H groups in total. The van der Waals surface area contributed by atoms with Crippen LogP contribution in [0.3, 0.4) is 0 Å². The molecule has 0 saturated heterocycles. The highest BCUT2D eigenvalue weighted by molar-refractivity contribution is 7.92. The summed E-state index contributed by atoms with van der Waals surface area (Å²) in [5.74, 6) is 0.231. The second kappa shape index (κ2) is 5.91. The van der Waals surface area contributed by atoms with Crippen LogP contribution in [0.15, 0.2) is 28.1 Å². The van der Waals surface area contributed by atoms with Crippen molar-refractivity contribution in [2.45, 2.75) is 24.0 Å². The van der Waals surface area contributed by atoms with Gasteiger partial charge in [0.25, 0.3) is 0 Å². The van der Waals surface area contributed by atoms with Gasteiger partial charge >= 0.3 is 0 Å². The van der Waals surface area contributed by atoms with Gasteiger partial charge in [-0.1, -0.05) is 11.6 Å². The molecule has 0 fully saturated rings. The van der Waals surface area contributed by atoms with Crippen LogP contribution in [0.1, 0.15) is 13.8 Å². The lowest BCUT2D eigenvalue weighted by atomic mass is 10.3. The van der Waals surface area contributed by atoms with E-state index in [1.165, 1.54) is 18.2 Å². The molecule has 0 unspecified atom stereocenters. The van der Waals surface area contributed by atoms with E-state index >= 15 is 0 Å². The van der Waals surface area contributed by atoms with Crippen molar-refractivity contribution in [1.82, 2.24) is 0 Å². The summed E-state index contributed by atoms with van der Waals surface area (Å²) >= 11 is 11.4. The molecule has 0 aliphatic carbocycles. The van der Waals surface area contributed by atoms with Gasteiger partial charge in [-0.25, -0.2) is 13.4 Å². The van der Waals surface area contributed by atoms with Crippen molar-refractivity contribution >= 4 is 44.6 Å². The number of sulfone groups is 1. The molecule has 1 aromatic carbocycles. The van der Waals surface area contributed by atoms with Gasteiger partial charge in [0, 0.05) is 0 Å². The molecule has 0 radical (unpaired) electrons. The Morgan fingerprint density at radius 2 is 2.06 bits per heavy atom. The zero-order valence-electron chi connectivity index (χ0n) is 10.0. The molecule has 1 rings (SSSR count). The molecule has 0 amide bonds. The lowest BCUT2D eigenvalue weighted by Crippen LogP contribution is -2.14. The van der Waals surface area contributed by atoms with Crippen molar-refractivity contribution in [2.24, 2.45) is 10.7 Å². The second-order valence-electron chi connectivity index (χ2n) is 3.94. The quantitative estimate of drug-likeness (QED) is 0.528. The van der Waals surface area contributed by atoms with Crippen molar-refractivity contribution < 1.29 is 8.42 Å². The number of benzene rings is 1. The van der Waals surface area contributed by atoms with E-state index in [1.807, 2.05) is 0 Å². The summed E-state index contributed by atoms with van der Waals surface area (Å²) in [5.41, 5.74) is 5.81. The maximum absolute atomic E-state index is 12.0. The molecule has 100 valence electrons. The van der Waals surface area contributed by atoms with Crippen LogP contribution < -0.4 is 5.73 Å². The van der Waals surface area contributed by atoms with Gasteiger partial charge in [-0.2, -0.15) is 0 Å². The van der Waals surface area contributed by atoms with Crippen molar-refractivity contribution in [2.75, 3.05) is 5.88 Å². The molecule has 0 bridgehead atoms. The molecule has 4 nitrogen and oxygen atoms in total. The Labute approximate surface area is 117 Å². The van der Waals surface area contributed by atoms with Gasteiger partial charge in [-0.15, -0.1) is 11.6 Å². The lowest BCUT2D eigenvalue weighted by molar-refractivity contribution is 0.587. The third-order valence-electron chi connectivity index (χ3n) is 2.27. The fourth-order valence-electron chi connectivity index (χ4n) is 1.21. The normalized spacial score (nSPS) is 13.1. The number of aliphatic imine (C=N–C) groups is 1. The first kappa shape index (κ1) is 15.3. The van der Waals surface area contributed by atoms with Crippen LogP contribution in [0.5, 0.6) is 0 Å². The Morgan fingerprint density at radius 1 is 1.44 bits per heavy atom.